The predicted molar refractivity (Wildman–Crippen MR) is 82.1 cm³/mol. The molecule has 1 aromatic rings. The quantitative estimate of drug-likeness (QED) is 0.842. The molecule has 0 aromatic heterocycles. The van der Waals surface area contributed by atoms with Gasteiger partial charge in [-0.1, -0.05) is 25.8 Å². The maximum absolute atomic E-state index is 12.6. The summed E-state index contributed by atoms with van der Waals surface area (Å²) in [4.78, 5) is 0.343. The monoisotopic (exact) mass is 296 g/mol. The van der Waals surface area contributed by atoms with Crippen molar-refractivity contribution in [2.24, 2.45) is 5.92 Å². The Morgan fingerprint density at radius 2 is 1.95 bits per heavy atom. The minimum atomic E-state index is -3.50. The zero-order valence-electron chi connectivity index (χ0n) is 12.4. The molecule has 0 aliphatic heterocycles. The molecule has 0 heterocycles. The maximum Gasteiger partial charge on any atom is 0.241 e. The summed E-state index contributed by atoms with van der Waals surface area (Å²) in [5, 5.41) is 0. The predicted octanol–water partition coefficient (Wildman–Crippen LogP) is 2.74. The van der Waals surface area contributed by atoms with Crippen LogP contribution in [0.3, 0.4) is 0 Å². The highest BCUT2D eigenvalue weighted by molar-refractivity contribution is 7.89. The second-order valence-electron chi connectivity index (χ2n) is 6.02. The lowest BCUT2D eigenvalue weighted by Gasteiger charge is -2.27. The van der Waals surface area contributed by atoms with Gasteiger partial charge in [-0.25, -0.2) is 13.1 Å². The first-order chi connectivity index (χ1) is 9.31. The Morgan fingerprint density at radius 1 is 1.25 bits per heavy atom. The molecule has 112 valence electrons. The standard InChI is InChI=1S/C15H24N2O2S/c1-10-5-4-6-13(9-10)17-20(18,19)15-11(2)7-8-14(16)12(15)3/h7-8,10,13,17H,4-6,9,16H2,1-3H3. The molecule has 1 saturated carbocycles. The van der Waals surface area contributed by atoms with E-state index in [4.69, 9.17) is 5.73 Å². The van der Waals surface area contributed by atoms with Gasteiger partial charge in [0.1, 0.15) is 0 Å². The topological polar surface area (TPSA) is 72.2 Å². The van der Waals surface area contributed by atoms with Gasteiger partial charge in [-0.2, -0.15) is 0 Å². The number of rotatable bonds is 3. The molecule has 2 rings (SSSR count). The van der Waals surface area contributed by atoms with Crippen molar-refractivity contribution in [3.63, 3.8) is 0 Å². The Morgan fingerprint density at radius 3 is 2.60 bits per heavy atom. The van der Waals surface area contributed by atoms with Gasteiger partial charge in [-0.05, 0) is 49.8 Å². The normalized spacial score (nSPS) is 23.8. The fraction of sp³-hybridized carbons (Fsp3) is 0.600. The van der Waals surface area contributed by atoms with Crippen LogP contribution in [0.15, 0.2) is 17.0 Å². The van der Waals surface area contributed by atoms with Gasteiger partial charge >= 0.3 is 0 Å². The molecule has 1 aliphatic rings. The van der Waals surface area contributed by atoms with E-state index in [1.165, 1.54) is 6.42 Å². The zero-order valence-corrected chi connectivity index (χ0v) is 13.3. The van der Waals surface area contributed by atoms with Crippen LogP contribution in [0.1, 0.15) is 43.7 Å². The first kappa shape index (κ1) is 15.3. The highest BCUT2D eigenvalue weighted by Crippen LogP contribution is 2.28. The van der Waals surface area contributed by atoms with Gasteiger partial charge in [0.25, 0.3) is 0 Å². The summed E-state index contributed by atoms with van der Waals surface area (Å²) in [5.41, 5.74) is 7.75. The van der Waals surface area contributed by atoms with Crippen molar-refractivity contribution in [2.75, 3.05) is 5.73 Å². The minimum Gasteiger partial charge on any atom is -0.398 e. The van der Waals surface area contributed by atoms with E-state index in [0.717, 1.165) is 24.8 Å². The number of nitrogens with two attached hydrogens (primary N) is 1. The summed E-state index contributed by atoms with van der Waals surface area (Å²) in [5.74, 6) is 0.583. The number of hydrogen-bond acceptors (Lipinski definition) is 3. The van der Waals surface area contributed by atoms with Gasteiger partial charge in [0.15, 0.2) is 0 Å². The molecule has 1 aromatic carbocycles. The Bertz CT molecular complexity index is 596. The number of benzene rings is 1. The number of nitrogens with one attached hydrogen (secondary N) is 1. The van der Waals surface area contributed by atoms with Crippen molar-refractivity contribution < 1.29 is 8.42 Å². The molecule has 1 aliphatic carbocycles. The summed E-state index contributed by atoms with van der Waals surface area (Å²) < 4.78 is 28.1. The molecule has 0 radical (unpaired) electrons. The summed E-state index contributed by atoms with van der Waals surface area (Å²) >= 11 is 0. The smallest absolute Gasteiger partial charge is 0.241 e. The summed E-state index contributed by atoms with van der Waals surface area (Å²) in [6.45, 7) is 5.75. The number of hydrogen-bond donors (Lipinski definition) is 2. The Balaban J connectivity index is 2.29. The molecule has 4 nitrogen and oxygen atoms in total. The van der Waals surface area contributed by atoms with Crippen LogP contribution in [0.2, 0.25) is 0 Å². The SMILES string of the molecule is Cc1ccc(N)c(C)c1S(=O)(=O)NC1CCCC(C)C1. The molecule has 0 spiro atoms. The second-order valence-corrected chi connectivity index (χ2v) is 7.67. The van der Waals surface area contributed by atoms with Crippen LogP contribution in [0.5, 0.6) is 0 Å². The third kappa shape index (κ3) is 3.15. The van der Waals surface area contributed by atoms with Crippen LogP contribution in [0, 0.1) is 19.8 Å². The second kappa shape index (κ2) is 5.74. The molecule has 1 fully saturated rings. The zero-order chi connectivity index (χ0) is 14.9. The van der Waals surface area contributed by atoms with Crippen LogP contribution in [0.25, 0.3) is 0 Å². The first-order valence-electron chi connectivity index (χ1n) is 7.19. The molecule has 0 bridgehead atoms. The van der Waals surface area contributed by atoms with Crippen LogP contribution in [-0.4, -0.2) is 14.5 Å². The minimum absolute atomic E-state index is 0.0454. The van der Waals surface area contributed by atoms with Gasteiger partial charge < -0.3 is 5.73 Å². The van der Waals surface area contributed by atoms with E-state index in [2.05, 4.69) is 11.6 Å². The molecule has 0 amide bonds. The first-order valence-corrected chi connectivity index (χ1v) is 8.67. The highest BCUT2D eigenvalue weighted by Gasteiger charge is 2.27. The molecule has 0 saturated heterocycles. The van der Waals surface area contributed by atoms with Crippen LogP contribution in [0.4, 0.5) is 5.69 Å². The Hall–Kier alpha value is -1.07. The summed E-state index contributed by atoms with van der Waals surface area (Å²) in [6, 6.07) is 3.57. The number of aryl methyl sites for hydroxylation is 1. The van der Waals surface area contributed by atoms with Gasteiger partial charge in [0.05, 0.1) is 4.90 Å². The largest absolute Gasteiger partial charge is 0.398 e. The van der Waals surface area contributed by atoms with E-state index in [1.807, 2.05) is 6.92 Å². The maximum atomic E-state index is 12.6. The van der Waals surface area contributed by atoms with Crippen molar-refractivity contribution in [1.29, 1.82) is 0 Å². The van der Waals surface area contributed by atoms with E-state index in [0.29, 0.717) is 22.1 Å². The van der Waals surface area contributed by atoms with E-state index in [9.17, 15) is 8.42 Å². The molecule has 2 atom stereocenters. The molecule has 5 heteroatoms. The van der Waals surface area contributed by atoms with Crippen molar-refractivity contribution in [3.05, 3.63) is 23.3 Å². The molecule has 2 unspecified atom stereocenters. The average molecular weight is 296 g/mol. The molecular weight excluding hydrogens is 272 g/mol. The van der Waals surface area contributed by atoms with Gasteiger partial charge in [-0.15, -0.1) is 0 Å². The fourth-order valence-corrected chi connectivity index (χ4v) is 4.86. The highest BCUT2D eigenvalue weighted by atomic mass is 32.2. The van der Waals surface area contributed by atoms with Crippen molar-refractivity contribution >= 4 is 15.7 Å². The lowest BCUT2D eigenvalue weighted by atomic mass is 9.88. The van der Waals surface area contributed by atoms with Crippen molar-refractivity contribution in [2.45, 2.75) is 57.4 Å². The molecular formula is C15H24N2O2S. The van der Waals surface area contributed by atoms with Crippen molar-refractivity contribution in [1.82, 2.24) is 4.72 Å². The fourth-order valence-electron chi connectivity index (χ4n) is 3.08. The van der Waals surface area contributed by atoms with Gasteiger partial charge in [0.2, 0.25) is 10.0 Å². The lowest BCUT2D eigenvalue weighted by Crippen LogP contribution is -2.38. The van der Waals surface area contributed by atoms with E-state index in [-0.39, 0.29) is 6.04 Å². The number of anilines is 1. The van der Waals surface area contributed by atoms with E-state index in [1.54, 1.807) is 19.1 Å². The molecule has 20 heavy (non-hydrogen) atoms. The lowest BCUT2D eigenvalue weighted by molar-refractivity contribution is 0.327. The third-order valence-corrected chi connectivity index (χ3v) is 5.98. The van der Waals surface area contributed by atoms with Crippen molar-refractivity contribution in [3.8, 4) is 0 Å². The Kier molecular flexibility index (Phi) is 4.39. The van der Waals surface area contributed by atoms with E-state index >= 15 is 0 Å². The van der Waals surface area contributed by atoms with E-state index < -0.39 is 10.0 Å². The van der Waals surface area contributed by atoms with Crippen LogP contribution >= 0.6 is 0 Å². The summed E-state index contributed by atoms with van der Waals surface area (Å²) in [6.07, 6.45) is 4.11. The van der Waals surface area contributed by atoms with Crippen LogP contribution in [-0.2, 0) is 10.0 Å². The van der Waals surface area contributed by atoms with Crippen LogP contribution < -0.4 is 10.5 Å². The number of sulfonamides is 1. The number of nitrogen functional groups attached to an aromatic ring is 1. The Labute approximate surface area is 121 Å². The third-order valence-electron chi connectivity index (χ3n) is 4.17. The van der Waals surface area contributed by atoms with Gasteiger partial charge in [-0.3, -0.25) is 0 Å². The van der Waals surface area contributed by atoms with Gasteiger partial charge in [0, 0.05) is 11.7 Å². The average Bonchev–Trinajstić information content (AvgIpc) is 2.33. The molecule has 3 N–H and O–H groups in total. The summed E-state index contributed by atoms with van der Waals surface area (Å²) in [7, 11) is -3.50.